The zero-order valence-corrected chi connectivity index (χ0v) is 11.6. The van der Waals surface area contributed by atoms with Crippen LogP contribution in [0.3, 0.4) is 0 Å². The van der Waals surface area contributed by atoms with Crippen LogP contribution < -0.4 is 5.32 Å². The molecule has 1 atom stereocenters. The topological polar surface area (TPSA) is 75.6 Å². The number of nitrogens with one attached hydrogen (secondary N) is 1. The Kier molecular flexibility index (Phi) is 6.29. The average molecular weight is 277 g/mol. The van der Waals surface area contributed by atoms with Crippen molar-refractivity contribution in [3.8, 4) is 0 Å². The van der Waals surface area contributed by atoms with Crippen molar-refractivity contribution in [3.05, 3.63) is 47.7 Å². The third-order valence-electron chi connectivity index (χ3n) is 2.60. The maximum Gasteiger partial charge on any atom is 0.332 e. The number of rotatable bonds is 7. The zero-order valence-electron chi connectivity index (χ0n) is 11.6. The van der Waals surface area contributed by atoms with E-state index in [9.17, 15) is 14.7 Å². The molecule has 0 aliphatic carbocycles. The minimum Gasteiger partial charge on any atom is -0.480 e. The molecule has 0 bridgehead atoms. The van der Waals surface area contributed by atoms with Gasteiger partial charge in [0.2, 0.25) is 0 Å². The van der Waals surface area contributed by atoms with Crippen molar-refractivity contribution in [3.63, 3.8) is 0 Å². The third kappa shape index (κ3) is 5.56. The molecular formula is C15H19NO4. The molecule has 1 aromatic carbocycles. The summed E-state index contributed by atoms with van der Waals surface area (Å²) in [5.74, 6) is -1.45. The summed E-state index contributed by atoms with van der Waals surface area (Å²) in [4.78, 5) is 22.5. The van der Waals surface area contributed by atoms with Crippen molar-refractivity contribution < 1.29 is 19.4 Å². The Morgan fingerprint density at radius 1 is 1.35 bits per heavy atom. The van der Waals surface area contributed by atoms with E-state index in [4.69, 9.17) is 4.74 Å². The molecule has 0 aliphatic rings. The molecule has 108 valence electrons. The van der Waals surface area contributed by atoms with Crippen molar-refractivity contribution in [1.82, 2.24) is 5.32 Å². The fraction of sp³-hybridized carbons (Fsp3) is 0.333. The quantitative estimate of drug-likeness (QED) is 0.586. The van der Waals surface area contributed by atoms with Crippen LogP contribution in [0.4, 0.5) is 0 Å². The normalized spacial score (nSPS) is 12.6. The van der Waals surface area contributed by atoms with Gasteiger partial charge in [0.05, 0.1) is 6.61 Å². The van der Waals surface area contributed by atoms with Gasteiger partial charge in [-0.15, -0.1) is 0 Å². The number of allylic oxidation sites excluding steroid dienone is 1. The molecule has 0 amide bonds. The van der Waals surface area contributed by atoms with Crippen LogP contribution in [0.25, 0.3) is 0 Å². The fourth-order valence-corrected chi connectivity index (χ4v) is 1.73. The Morgan fingerprint density at radius 2 is 2.00 bits per heavy atom. The van der Waals surface area contributed by atoms with Gasteiger partial charge < -0.3 is 15.2 Å². The van der Waals surface area contributed by atoms with E-state index < -0.39 is 18.0 Å². The SMILES string of the molecule is CCOC(=O)C=C(C)NC(Cc1ccccc1)C(=O)O. The molecule has 0 spiro atoms. The highest BCUT2D eigenvalue weighted by Crippen LogP contribution is 2.05. The van der Waals surface area contributed by atoms with Crippen molar-refractivity contribution in [2.24, 2.45) is 0 Å². The monoisotopic (exact) mass is 277 g/mol. The van der Waals surface area contributed by atoms with Gasteiger partial charge in [0.15, 0.2) is 0 Å². The number of hydrogen-bond donors (Lipinski definition) is 2. The van der Waals surface area contributed by atoms with Crippen LogP contribution in [-0.2, 0) is 20.7 Å². The molecule has 0 radical (unpaired) electrons. The van der Waals surface area contributed by atoms with Gasteiger partial charge >= 0.3 is 11.9 Å². The number of carboxylic acids is 1. The number of esters is 1. The number of hydrogen-bond acceptors (Lipinski definition) is 4. The third-order valence-corrected chi connectivity index (χ3v) is 2.60. The van der Waals surface area contributed by atoms with Gasteiger partial charge in [-0.3, -0.25) is 0 Å². The molecule has 1 aromatic rings. The second kappa shape index (κ2) is 7.99. The van der Waals surface area contributed by atoms with E-state index in [0.717, 1.165) is 5.56 Å². The van der Waals surface area contributed by atoms with Crippen LogP contribution in [0, 0.1) is 0 Å². The second-order valence-electron chi connectivity index (χ2n) is 4.30. The summed E-state index contributed by atoms with van der Waals surface area (Å²) in [6.45, 7) is 3.64. The lowest BCUT2D eigenvalue weighted by Gasteiger charge is -2.16. The Morgan fingerprint density at radius 3 is 2.55 bits per heavy atom. The minimum absolute atomic E-state index is 0.287. The lowest BCUT2D eigenvalue weighted by Crippen LogP contribution is -2.37. The first-order valence-electron chi connectivity index (χ1n) is 6.41. The van der Waals surface area contributed by atoms with Gasteiger partial charge in [-0.25, -0.2) is 9.59 Å². The van der Waals surface area contributed by atoms with Gasteiger partial charge in [-0.05, 0) is 19.4 Å². The Balaban J connectivity index is 2.68. The van der Waals surface area contributed by atoms with Crippen LogP contribution in [-0.4, -0.2) is 29.7 Å². The van der Waals surface area contributed by atoms with Gasteiger partial charge in [0.1, 0.15) is 6.04 Å². The molecule has 0 heterocycles. The maximum atomic E-state index is 11.3. The Hall–Kier alpha value is -2.30. The van der Waals surface area contributed by atoms with E-state index in [2.05, 4.69) is 5.32 Å². The lowest BCUT2D eigenvalue weighted by atomic mass is 10.1. The molecule has 0 fully saturated rings. The van der Waals surface area contributed by atoms with Crippen molar-refractivity contribution in [2.75, 3.05) is 6.61 Å². The van der Waals surface area contributed by atoms with Gasteiger partial charge in [0.25, 0.3) is 0 Å². The van der Waals surface area contributed by atoms with E-state index in [-0.39, 0.29) is 6.61 Å². The Bertz CT molecular complexity index is 482. The van der Waals surface area contributed by atoms with E-state index in [1.54, 1.807) is 13.8 Å². The van der Waals surface area contributed by atoms with E-state index >= 15 is 0 Å². The van der Waals surface area contributed by atoms with Crippen LogP contribution in [0.1, 0.15) is 19.4 Å². The maximum absolute atomic E-state index is 11.3. The van der Waals surface area contributed by atoms with Gasteiger partial charge in [0, 0.05) is 18.2 Å². The minimum atomic E-state index is -0.967. The number of ether oxygens (including phenoxy) is 1. The van der Waals surface area contributed by atoms with Crippen LogP contribution in [0.2, 0.25) is 0 Å². The average Bonchev–Trinajstić information content (AvgIpc) is 2.39. The summed E-state index contributed by atoms with van der Waals surface area (Å²) < 4.78 is 4.77. The summed E-state index contributed by atoms with van der Waals surface area (Å²) in [6, 6.07) is 8.52. The van der Waals surface area contributed by atoms with Crippen LogP contribution in [0.15, 0.2) is 42.1 Å². The van der Waals surface area contributed by atoms with E-state index in [1.165, 1.54) is 6.08 Å². The first kappa shape index (κ1) is 15.8. The molecule has 1 unspecified atom stereocenters. The Labute approximate surface area is 118 Å². The highest BCUT2D eigenvalue weighted by atomic mass is 16.5. The molecule has 0 saturated carbocycles. The van der Waals surface area contributed by atoms with Crippen molar-refractivity contribution in [2.45, 2.75) is 26.3 Å². The molecule has 2 N–H and O–H groups in total. The summed E-state index contributed by atoms with van der Waals surface area (Å²) in [7, 11) is 0. The molecule has 0 aromatic heterocycles. The van der Waals surface area contributed by atoms with E-state index in [1.807, 2.05) is 30.3 Å². The smallest absolute Gasteiger partial charge is 0.332 e. The highest BCUT2D eigenvalue weighted by molar-refractivity contribution is 5.83. The molecule has 1 rings (SSSR count). The summed E-state index contributed by atoms with van der Waals surface area (Å²) >= 11 is 0. The standard InChI is InChI=1S/C15H19NO4/c1-3-20-14(17)9-11(2)16-13(15(18)19)10-12-7-5-4-6-8-12/h4-9,13,16H,3,10H2,1-2H3,(H,18,19). The second-order valence-corrected chi connectivity index (χ2v) is 4.30. The fourth-order valence-electron chi connectivity index (χ4n) is 1.73. The molecule has 20 heavy (non-hydrogen) atoms. The van der Waals surface area contributed by atoms with Crippen molar-refractivity contribution in [1.29, 1.82) is 0 Å². The summed E-state index contributed by atoms with van der Waals surface area (Å²) in [5, 5.41) is 12.0. The number of carboxylic acid groups (broad SMARTS) is 1. The number of carbonyl (C=O) groups excluding carboxylic acids is 1. The lowest BCUT2D eigenvalue weighted by molar-refractivity contribution is -0.140. The van der Waals surface area contributed by atoms with Crippen LogP contribution >= 0.6 is 0 Å². The predicted molar refractivity (Wildman–Crippen MR) is 75.1 cm³/mol. The summed E-state index contributed by atoms with van der Waals surface area (Å²) in [6.07, 6.45) is 1.59. The zero-order chi connectivity index (χ0) is 15.0. The largest absolute Gasteiger partial charge is 0.480 e. The number of carbonyl (C=O) groups is 2. The van der Waals surface area contributed by atoms with Crippen LogP contribution in [0.5, 0.6) is 0 Å². The first-order chi connectivity index (χ1) is 9.52. The summed E-state index contributed by atoms with van der Waals surface area (Å²) in [5.41, 5.74) is 1.38. The highest BCUT2D eigenvalue weighted by Gasteiger charge is 2.17. The van der Waals surface area contributed by atoms with Gasteiger partial charge in [-0.2, -0.15) is 0 Å². The number of benzene rings is 1. The predicted octanol–water partition coefficient (Wildman–Crippen LogP) is 1.74. The van der Waals surface area contributed by atoms with E-state index in [0.29, 0.717) is 12.1 Å². The molecule has 5 heteroatoms. The first-order valence-corrected chi connectivity index (χ1v) is 6.41. The molecule has 0 aliphatic heterocycles. The van der Waals surface area contributed by atoms with Gasteiger partial charge in [-0.1, -0.05) is 30.3 Å². The molecule has 5 nitrogen and oxygen atoms in total. The molecular weight excluding hydrogens is 258 g/mol. The van der Waals surface area contributed by atoms with Crippen molar-refractivity contribution >= 4 is 11.9 Å². The number of aliphatic carboxylic acids is 1. The molecule has 0 saturated heterocycles.